The first kappa shape index (κ1) is 20.5. The minimum atomic E-state index is -0.301. The molecule has 2 saturated carbocycles. The Labute approximate surface area is 169 Å². The van der Waals surface area contributed by atoms with Gasteiger partial charge in [0.2, 0.25) is 0 Å². The first-order valence-corrected chi connectivity index (χ1v) is 10.2. The largest absolute Gasteiger partial charge is 0.380 e. The van der Waals surface area contributed by atoms with Gasteiger partial charge in [-0.3, -0.25) is 4.79 Å². The summed E-state index contributed by atoms with van der Waals surface area (Å²) in [5.41, 5.74) is 6.85. The molecule has 27 heavy (non-hydrogen) atoms. The summed E-state index contributed by atoms with van der Waals surface area (Å²) in [7, 11) is 1.57. The summed E-state index contributed by atoms with van der Waals surface area (Å²) in [5, 5.41) is 3.78. The molecule has 2 aromatic rings. The van der Waals surface area contributed by atoms with Gasteiger partial charge >= 0.3 is 0 Å². The summed E-state index contributed by atoms with van der Waals surface area (Å²) in [6.07, 6.45) is 5.43. The Balaban J connectivity index is 0.00000210. The molecule has 2 unspecified atom stereocenters. The van der Waals surface area contributed by atoms with Gasteiger partial charge in [0.15, 0.2) is 0 Å². The van der Waals surface area contributed by atoms with Crippen molar-refractivity contribution in [2.75, 3.05) is 7.11 Å². The van der Waals surface area contributed by atoms with Gasteiger partial charge in [0, 0.05) is 34.8 Å². The van der Waals surface area contributed by atoms with Crippen LogP contribution < -0.4 is 11.1 Å². The molecule has 4 nitrogen and oxygen atoms in total. The molecule has 0 aliphatic heterocycles. The van der Waals surface area contributed by atoms with Gasteiger partial charge in [0.05, 0.1) is 11.5 Å². The van der Waals surface area contributed by atoms with Gasteiger partial charge in [-0.05, 0) is 49.7 Å². The van der Waals surface area contributed by atoms with Crippen LogP contribution in [-0.4, -0.2) is 25.1 Å². The van der Waals surface area contributed by atoms with Crippen LogP contribution in [0.5, 0.6) is 0 Å². The second kappa shape index (κ2) is 8.43. The zero-order valence-corrected chi connectivity index (χ0v) is 17.0. The number of hydrogen-bond acceptors (Lipinski definition) is 4. The van der Waals surface area contributed by atoms with Crippen molar-refractivity contribution >= 4 is 39.7 Å². The number of hydrogen-bond donors (Lipinski definition) is 2. The molecule has 148 valence electrons. The number of rotatable bonds is 4. The molecule has 2 fully saturated rings. The third kappa shape index (κ3) is 3.86. The normalized spacial score (nSPS) is 27.2. The van der Waals surface area contributed by atoms with E-state index in [4.69, 9.17) is 10.5 Å². The van der Waals surface area contributed by atoms with Gasteiger partial charge in [0.1, 0.15) is 5.82 Å². The zero-order valence-electron chi connectivity index (χ0n) is 15.4. The van der Waals surface area contributed by atoms with Crippen molar-refractivity contribution in [2.45, 2.75) is 50.8 Å². The number of amides is 1. The van der Waals surface area contributed by atoms with Gasteiger partial charge in [-0.25, -0.2) is 4.39 Å². The molecule has 0 radical (unpaired) electrons. The number of thiophene rings is 1. The van der Waals surface area contributed by atoms with Gasteiger partial charge in [-0.1, -0.05) is 12.5 Å². The van der Waals surface area contributed by atoms with E-state index in [1.807, 2.05) is 6.07 Å². The highest BCUT2D eigenvalue weighted by Crippen LogP contribution is 2.40. The third-order valence-electron chi connectivity index (χ3n) is 5.93. The molecule has 4 rings (SSSR count). The van der Waals surface area contributed by atoms with E-state index in [1.165, 1.54) is 23.8 Å². The molecule has 0 saturated heterocycles. The quantitative estimate of drug-likeness (QED) is 0.789. The van der Waals surface area contributed by atoms with E-state index < -0.39 is 0 Å². The van der Waals surface area contributed by atoms with Gasteiger partial charge in [-0.15, -0.1) is 23.7 Å². The number of benzene rings is 1. The molecule has 1 amide bonds. The van der Waals surface area contributed by atoms with E-state index in [1.54, 1.807) is 13.2 Å². The first-order chi connectivity index (χ1) is 12.6. The number of ether oxygens (including phenoxy) is 1. The summed E-state index contributed by atoms with van der Waals surface area (Å²) in [6.45, 7) is 0.228. The number of fused-ring (bicyclic) bond motifs is 3. The molecular weight excluding hydrogens is 387 g/mol. The Morgan fingerprint density at radius 2 is 2.04 bits per heavy atom. The molecule has 7 heteroatoms. The van der Waals surface area contributed by atoms with Crippen LogP contribution in [0.4, 0.5) is 4.39 Å². The molecule has 3 N–H and O–H groups in total. The molecule has 2 aliphatic carbocycles. The Morgan fingerprint density at radius 1 is 1.33 bits per heavy atom. The zero-order chi connectivity index (χ0) is 18.3. The van der Waals surface area contributed by atoms with Gasteiger partial charge in [0.25, 0.3) is 5.91 Å². The van der Waals surface area contributed by atoms with Crippen LogP contribution >= 0.6 is 23.7 Å². The lowest BCUT2D eigenvalue weighted by atomic mass is 9.67. The van der Waals surface area contributed by atoms with Crippen molar-refractivity contribution < 1.29 is 13.9 Å². The number of carbonyl (C=O) groups excluding carboxylic acids is 1. The fourth-order valence-electron chi connectivity index (χ4n) is 4.87. The Bertz CT molecular complexity index is 814. The minimum Gasteiger partial charge on any atom is -0.380 e. The second-order valence-electron chi connectivity index (χ2n) is 7.64. The standard InChI is InChI=1S/C20H25FN2O2S.ClH/c1-25-10-14-17-15(21)6-3-7-16(17)26-19(14)20(24)23-18-11-4-2-5-12(18)9-13(22)8-11;/h3,6-7,11-13,18H,2,4-5,8-10,22H2,1H3,(H,23,24);1H. The third-order valence-corrected chi connectivity index (χ3v) is 7.13. The molecule has 2 atom stereocenters. The highest BCUT2D eigenvalue weighted by Gasteiger charge is 2.40. The molecule has 1 heterocycles. The lowest BCUT2D eigenvalue weighted by Gasteiger charge is -2.45. The van der Waals surface area contributed by atoms with E-state index in [0.29, 0.717) is 27.7 Å². The van der Waals surface area contributed by atoms with Crippen LogP contribution in [0.1, 0.15) is 47.3 Å². The number of carbonyl (C=O) groups is 1. The number of nitrogens with two attached hydrogens (primary N) is 1. The van der Waals surface area contributed by atoms with Crippen LogP contribution in [-0.2, 0) is 11.3 Å². The summed E-state index contributed by atoms with van der Waals surface area (Å²) in [6, 6.07) is 5.40. The average Bonchev–Trinajstić information content (AvgIpc) is 2.96. The molecule has 1 aromatic carbocycles. The monoisotopic (exact) mass is 412 g/mol. The topological polar surface area (TPSA) is 64.3 Å². The van der Waals surface area contributed by atoms with Gasteiger partial charge in [-0.2, -0.15) is 0 Å². The molecule has 0 spiro atoms. The van der Waals surface area contributed by atoms with Crippen LogP contribution in [0, 0.1) is 17.7 Å². The minimum absolute atomic E-state index is 0. The predicted molar refractivity (Wildman–Crippen MR) is 109 cm³/mol. The van der Waals surface area contributed by atoms with Crippen LogP contribution in [0.25, 0.3) is 10.1 Å². The second-order valence-corrected chi connectivity index (χ2v) is 8.69. The first-order valence-electron chi connectivity index (χ1n) is 9.33. The van der Waals surface area contributed by atoms with Gasteiger partial charge < -0.3 is 15.8 Å². The Hall–Kier alpha value is -1.21. The van der Waals surface area contributed by atoms with E-state index in [-0.39, 0.29) is 42.8 Å². The highest BCUT2D eigenvalue weighted by molar-refractivity contribution is 7.21. The number of nitrogens with one attached hydrogen (secondary N) is 1. The predicted octanol–water partition coefficient (Wildman–Crippen LogP) is 4.24. The molecule has 2 aliphatic rings. The fraction of sp³-hybridized carbons (Fsp3) is 0.550. The van der Waals surface area contributed by atoms with Crippen molar-refractivity contribution in [1.82, 2.24) is 5.32 Å². The Kier molecular flexibility index (Phi) is 6.41. The van der Waals surface area contributed by atoms with E-state index >= 15 is 0 Å². The van der Waals surface area contributed by atoms with E-state index in [2.05, 4.69) is 5.32 Å². The molecule has 1 aromatic heterocycles. The number of methoxy groups -OCH3 is 1. The summed E-state index contributed by atoms with van der Waals surface area (Å²) in [4.78, 5) is 13.7. The van der Waals surface area contributed by atoms with Crippen LogP contribution in [0.15, 0.2) is 18.2 Å². The lowest BCUT2D eigenvalue weighted by Crippen LogP contribution is -2.53. The summed E-state index contributed by atoms with van der Waals surface area (Å²) in [5.74, 6) is 0.511. The van der Waals surface area contributed by atoms with E-state index in [9.17, 15) is 9.18 Å². The smallest absolute Gasteiger partial charge is 0.262 e. The van der Waals surface area contributed by atoms with Crippen molar-refractivity contribution in [3.63, 3.8) is 0 Å². The molecular formula is C20H26ClFN2O2S. The summed E-state index contributed by atoms with van der Waals surface area (Å²) >= 11 is 1.35. The Morgan fingerprint density at radius 3 is 2.70 bits per heavy atom. The maximum atomic E-state index is 14.3. The average molecular weight is 413 g/mol. The maximum Gasteiger partial charge on any atom is 0.262 e. The van der Waals surface area contributed by atoms with Crippen molar-refractivity contribution in [2.24, 2.45) is 17.6 Å². The SMILES string of the molecule is COCc1c(C(=O)NC2C3CCCC2CC(N)C3)sc2cccc(F)c12.Cl. The summed E-state index contributed by atoms with van der Waals surface area (Å²) < 4.78 is 20.4. The van der Waals surface area contributed by atoms with Crippen molar-refractivity contribution in [3.05, 3.63) is 34.5 Å². The van der Waals surface area contributed by atoms with Crippen molar-refractivity contribution in [3.8, 4) is 0 Å². The van der Waals surface area contributed by atoms with E-state index in [0.717, 1.165) is 30.4 Å². The fourth-order valence-corrected chi connectivity index (χ4v) is 6.00. The highest BCUT2D eigenvalue weighted by atomic mass is 35.5. The van der Waals surface area contributed by atoms with Crippen molar-refractivity contribution in [1.29, 1.82) is 0 Å². The molecule has 2 bridgehead atoms. The van der Waals surface area contributed by atoms with Crippen LogP contribution in [0.2, 0.25) is 0 Å². The maximum absolute atomic E-state index is 14.3. The number of halogens is 2. The van der Waals surface area contributed by atoms with Crippen LogP contribution in [0.3, 0.4) is 0 Å². The lowest BCUT2D eigenvalue weighted by molar-refractivity contribution is 0.0756.